The van der Waals surface area contributed by atoms with E-state index < -0.39 is 4.92 Å². The molecule has 0 bridgehead atoms. The molecule has 1 aliphatic rings. The summed E-state index contributed by atoms with van der Waals surface area (Å²) in [5, 5.41) is 21.9. The molecule has 130 valence electrons. The van der Waals surface area contributed by atoms with Crippen LogP contribution in [0, 0.1) is 10.1 Å². The molecule has 0 saturated carbocycles. The number of amidine groups is 1. The summed E-state index contributed by atoms with van der Waals surface area (Å²) in [7, 11) is 0. The maximum absolute atomic E-state index is 12.0. The Morgan fingerprint density at radius 3 is 2.46 bits per heavy atom. The van der Waals surface area contributed by atoms with E-state index >= 15 is 0 Å². The summed E-state index contributed by atoms with van der Waals surface area (Å²) in [5.74, 6) is 0.280. The zero-order chi connectivity index (χ0) is 18.4. The third-order valence-electron chi connectivity index (χ3n) is 3.48. The van der Waals surface area contributed by atoms with E-state index in [4.69, 9.17) is 0 Å². The molecule has 0 aliphatic carbocycles. The largest absolute Gasteiger partial charge is 0.300 e. The second-order valence-electron chi connectivity index (χ2n) is 5.28. The van der Waals surface area contributed by atoms with Crippen molar-refractivity contribution in [2.75, 3.05) is 5.75 Å². The quantitative estimate of drug-likeness (QED) is 0.510. The molecule has 3 rings (SSSR count). The van der Waals surface area contributed by atoms with Gasteiger partial charge in [0.15, 0.2) is 5.17 Å². The predicted octanol–water partition coefficient (Wildman–Crippen LogP) is 3.23. The maximum Gasteiger partial charge on any atom is 0.269 e. The van der Waals surface area contributed by atoms with Crippen molar-refractivity contribution in [1.29, 1.82) is 0 Å². The number of non-ortho nitro benzene ring substituents is 1. The van der Waals surface area contributed by atoms with Crippen LogP contribution in [0.1, 0.15) is 11.1 Å². The third kappa shape index (κ3) is 4.64. The summed E-state index contributed by atoms with van der Waals surface area (Å²) >= 11 is 1.40. The highest BCUT2D eigenvalue weighted by molar-refractivity contribution is 8.14. The van der Waals surface area contributed by atoms with Gasteiger partial charge in [0.25, 0.3) is 5.69 Å². The summed E-state index contributed by atoms with van der Waals surface area (Å²) in [6.45, 7) is 0. The Labute approximate surface area is 153 Å². The van der Waals surface area contributed by atoms with E-state index in [1.807, 2.05) is 30.3 Å². The summed E-state index contributed by atoms with van der Waals surface area (Å²) in [6.07, 6.45) is 2.92. The number of rotatable bonds is 4. The minimum absolute atomic E-state index is 0.00615. The number of nitro groups is 1. The normalized spacial score (nSPS) is 13.8. The first-order valence-electron chi connectivity index (χ1n) is 7.68. The lowest BCUT2D eigenvalue weighted by Gasteiger charge is -2.11. The Morgan fingerprint density at radius 1 is 1.12 bits per heavy atom. The summed E-state index contributed by atoms with van der Waals surface area (Å²) < 4.78 is 0. The summed E-state index contributed by atoms with van der Waals surface area (Å²) in [5.41, 5.74) is 2.56. The van der Waals surface area contributed by atoms with Crippen LogP contribution in [0.5, 0.6) is 0 Å². The van der Waals surface area contributed by atoms with Gasteiger partial charge in [-0.3, -0.25) is 14.9 Å². The molecular weight excluding hydrogens is 352 g/mol. The van der Waals surface area contributed by atoms with Crippen molar-refractivity contribution in [2.45, 2.75) is 0 Å². The molecule has 8 heteroatoms. The number of amides is 1. The lowest BCUT2D eigenvalue weighted by atomic mass is 10.1. The van der Waals surface area contributed by atoms with Crippen molar-refractivity contribution >= 4 is 40.3 Å². The Bertz CT molecular complexity index is 906. The fourth-order valence-corrected chi connectivity index (χ4v) is 2.93. The van der Waals surface area contributed by atoms with Crippen LogP contribution in [-0.4, -0.2) is 27.5 Å². The van der Waals surface area contributed by atoms with E-state index in [2.05, 4.69) is 15.5 Å². The van der Waals surface area contributed by atoms with E-state index in [9.17, 15) is 14.9 Å². The van der Waals surface area contributed by atoms with Crippen LogP contribution in [0.4, 0.5) is 5.69 Å². The van der Waals surface area contributed by atoms with Crippen molar-refractivity contribution in [3.05, 3.63) is 81.9 Å². The lowest BCUT2D eigenvalue weighted by molar-refractivity contribution is -0.384. The van der Waals surface area contributed by atoms with E-state index in [0.717, 1.165) is 11.3 Å². The van der Waals surface area contributed by atoms with Gasteiger partial charge in [0, 0.05) is 24.0 Å². The van der Waals surface area contributed by atoms with Crippen LogP contribution in [0.25, 0.3) is 6.08 Å². The van der Waals surface area contributed by atoms with Crippen LogP contribution >= 0.6 is 11.8 Å². The number of nitrogens with zero attached hydrogens (tertiary/aromatic N) is 3. The van der Waals surface area contributed by atoms with Gasteiger partial charge in [-0.15, -0.1) is 5.10 Å². The molecular formula is C18H14N4O3S. The number of nitro benzene ring substituents is 1. The van der Waals surface area contributed by atoms with Gasteiger partial charge >= 0.3 is 0 Å². The van der Waals surface area contributed by atoms with Gasteiger partial charge in [0.1, 0.15) is 0 Å². The highest BCUT2D eigenvalue weighted by Crippen LogP contribution is 2.15. The van der Waals surface area contributed by atoms with Gasteiger partial charge in [0.2, 0.25) is 5.91 Å². The molecule has 1 N–H and O–H groups in total. The zero-order valence-corrected chi connectivity index (χ0v) is 14.3. The number of benzene rings is 2. The third-order valence-corrected chi connectivity index (χ3v) is 4.35. The Morgan fingerprint density at radius 2 is 1.85 bits per heavy atom. The number of nitrogens with one attached hydrogen (secondary N) is 1. The van der Waals surface area contributed by atoms with Crippen molar-refractivity contribution in [2.24, 2.45) is 10.2 Å². The van der Waals surface area contributed by atoms with Gasteiger partial charge in [0.05, 0.1) is 10.6 Å². The smallest absolute Gasteiger partial charge is 0.269 e. The zero-order valence-electron chi connectivity index (χ0n) is 13.5. The monoisotopic (exact) mass is 366 g/mol. The van der Waals surface area contributed by atoms with E-state index in [1.54, 1.807) is 18.2 Å². The van der Waals surface area contributed by atoms with Crippen molar-refractivity contribution in [3.8, 4) is 0 Å². The van der Waals surface area contributed by atoms with Gasteiger partial charge in [-0.1, -0.05) is 42.1 Å². The number of carbonyl (C=O) groups is 1. The molecule has 0 aromatic heterocycles. The minimum Gasteiger partial charge on any atom is -0.300 e. The molecule has 0 spiro atoms. The molecule has 26 heavy (non-hydrogen) atoms. The number of hydrogen-bond donors (Lipinski definition) is 1. The Hall–Kier alpha value is -3.26. The first-order chi connectivity index (χ1) is 12.6. The summed E-state index contributed by atoms with van der Waals surface area (Å²) in [6, 6.07) is 15.7. The number of thioether (sulfide) groups is 1. The van der Waals surface area contributed by atoms with Crippen LogP contribution < -0.4 is 5.32 Å². The minimum atomic E-state index is -0.469. The molecule has 1 amide bonds. The van der Waals surface area contributed by atoms with Gasteiger partial charge in [-0.2, -0.15) is 5.10 Å². The van der Waals surface area contributed by atoms with Crippen molar-refractivity contribution in [1.82, 2.24) is 5.32 Å². The predicted molar refractivity (Wildman–Crippen MR) is 103 cm³/mol. The molecule has 0 fully saturated rings. The first kappa shape index (κ1) is 17.6. The molecule has 0 unspecified atom stereocenters. The van der Waals surface area contributed by atoms with Crippen LogP contribution in [0.3, 0.4) is 0 Å². The van der Waals surface area contributed by atoms with Crippen molar-refractivity contribution < 1.29 is 9.72 Å². The van der Waals surface area contributed by atoms with Crippen molar-refractivity contribution in [3.63, 3.8) is 0 Å². The van der Waals surface area contributed by atoms with Crippen LogP contribution in [-0.2, 0) is 4.79 Å². The average Bonchev–Trinajstić information content (AvgIpc) is 2.68. The summed E-state index contributed by atoms with van der Waals surface area (Å²) in [4.78, 5) is 22.1. The Kier molecular flexibility index (Phi) is 5.55. The number of carbonyl (C=O) groups excluding carboxylic acids is 1. The molecule has 1 heterocycles. The fourth-order valence-electron chi connectivity index (χ4n) is 2.16. The first-order valence-corrected chi connectivity index (χ1v) is 8.66. The molecule has 1 aliphatic heterocycles. The molecule has 2 aromatic rings. The fraction of sp³-hybridized carbons (Fsp3) is 0.0556. The topological polar surface area (TPSA) is 97.0 Å². The second-order valence-corrected chi connectivity index (χ2v) is 6.24. The highest BCUT2D eigenvalue weighted by Gasteiger charge is 2.13. The number of hydrogen-bond acceptors (Lipinski definition) is 6. The Balaban J connectivity index is 1.59. The lowest BCUT2D eigenvalue weighted by Crippen LogP contribution is -2.29. The maximum atomic E-state index is 12.0. The standard InChI is InChI=1S/C18H14N4O3S/c23-17(11-8-13-6-9-15(10-7-13)22(24)25)19-18-21-20-16(12-26-18)14-4-2-1-3-5-14/h1-11H,12H2,(H,19,21,23)/b11-8+. The van der Waals surface area contributed by atoms with Gasteiger partial charge in [-0.05, 0) is 29.3 Å². The SMILES string of the molecule is O=C(/C=C/c1ccc([N+](=O)[O-])cc1)NC1=NN=C(c2ccccc2)CS1. The highest BCUT2D eigenvalue weighted by atomic mass is 32.2. The molecule has 0 atom stereocenters. The molecule has 0 radical (unpaired) electrons. The van der Waals surface area contributed by atoms with Gasteiger partial charge < -0.3 is 5.32 Å². The molecule has 0 saturated heterocycles. The van der Waals surface area contributed by atoms with Crippen LogP contribution in [0.15, 0.2) is 70.9 Å². The van der Waals surface area contributed by atoms with Crippen LogP contribution in [0.2, 0.25) is 0 Å². The molecule has 2 aromatic carbocycles. The van der Waals surface area contributed by atoms with Gasteiger partial charge in [-0.25, -0.2) is 0 Å². The average molecular weight is 366 g/mol. The van der Waals surface area contributed by atoms with E-state index in [1.165, 1.54) is 30.0 Å². The molecule has 7 nitrogen and oxygen atoms in total. The van der Waals surface area contributed by atoms with E-state index in [-0.39, 0.29) is 11.6 Å². The van der Waals surface area contributed by atoms with E-state index in [0.29, 0.717) is 16.5 Å². The second kappa shape index (κ2) is 8.21.